The summed E-state index contributed by atoms with van der Waals surface area (Å²) in [6, 6.07) is 10.1. The molecule has 0 radical (unpaired) electrons. The predicted octanol–water partition coefficient (Wildman–Crippen LogP) is 2.24. The van der Waals surface area contributed by atoms with Crippen molar-refractivity contribution >= 4 is 18.2 Å². The average molecular weight is 224 g/mol. The van der Waals surface area contributed by atoms with Crippen LogP contribution in [0.2, 0.25) is 0 Å². The van der Waals surface area contributed by atoms with Crippen molar-refractivity contribution in [2.24, 2.45) is 0 Å². The minimum atomic E-state index is 0. The second-order valence-corrected chi connectivity index (χ2v) is 3.40. The molecule has 0 saturated heterocycles. The van der Waals surface area contributed by atoms with Gasteiger partial charge >= 0.3 is 0 Å². The van der Waals surface area contributed by atoms with Crippen LogP contribution in [0.25, 0.3) is 0 Å². The van der Waals surface area contributed by atoms with Gasteiger partial charge in [0.25, 0.3) is 0 Å². The molecule has 0 aliphatic carbocycles. The molecule has 2 rings (SSSR count). The van der Waals surface area contributed by atoms with Crippen LogP contribution in [0.3, 0.4) is 0 Å². The number of aryl methyl sites for hydroxylation is 1. The van der Waals surface area contributed by atoms with Crippen molar-refractivity contribution in [2.45, 2.75) is 13.5 Å². The highest BCUT2D eigenvalue weighted by Gasteiger charge is 1.98. The number of hydrogen-bond acceptors (Lipinski definition) is 2. The highest BCUT2D eigenvalue weighted by molar-refractivity contribution is 5.85. The Morgan fingerprint density at radius 1 is 1.33 bits per heavy atom. The minimum Gasteiger partial charge on any atom is -0.384 e. The zero-order valence-electron chi connectivity index (χ0n) is 8.55. The van der Waals surface area contributed by atoms with Crippen LogP contribution in [0.1, 0.15) is 11.1 Å². The van der Waals surface area contributed by atoms with Gasteiger partial charge in [-0.15, -0.1) is 12.4 Å². The molecule has 0 spiro atoms. The molecule has 0 unspecified atom stereocenters. The average Bonchev–Trinajstić information content (AvgIpc) is 2.52. The van der Waals surface area contributed by atoms with Crippen molar-refractivity contribution < 1.29 is 0 Å². The highest BCUT2D eigenvalue weighted by Crippen LogP contribution is 2.08. The van der Waals surface area contributed by atoms with Gasteiger partial charge in [-0.05, 0) is 18.6 Å². The zero-order chi connectivity index (χ0) is 9.97. The van der Waals surface area contributed by atoms with Crippen LogP contribution in [-0.4, -0.2) is 9.78 Å². The summed E-state index contributed by atoms with van der Waals surface area (Å²) in [6.45, 7) is 2.82. The van der Waals surface area contributed by atoms with Gasteiger partial charge in [0.15, 0.2) is 0 Å². The summed E-state index contributed by atoms with van der Waals surface area (Å²) in [7, 11) is 0. The van der Waals surface area contributed by atoms with Gasteiger partial charge in [-0.25, -0.2) is 4.68 Å². The van der Waals surface area contributed by atoms with Gasteiger partial charge in [-0.1, -0.05) is 29.8 Å². The Balaban J connectivity index is 0.00000112. The minimum absolute atomic E-state index is 0. The molecule has 15 heavy (non-hydrogen) atoms. The Kier molecular flexibility index (Phi) is 3.74. The molecule has 0 atom stereocenters. The number of nitrogens with zero attached hydrogens (tertiary/aromatic N) is 2. The van der Waals surface area contributed by atoms with E-state index >= 15 is 0 Å². The smallest absolute Gasteiger partial charge is 0.122 e. The van der Waals surface area contributed by atoms with Crippen LogP contribution < -0.4 is 5.73 Å². The number of anilines is 1. The Bertz CT molecular complexity index is 437. The van der Waals surface area contributed by atoms with E-state index in [4.69, 9.17) is 5.73 Å². The molecule has 2 N–H and O–H groups in total. The molecule has 0 amide bonds. The van der Waals surface area contributed by atoms with Crippen molar-refractivity contribution in [2.75, 3.05) is 5.73 Å². The second kappa shape index (κ2) is 4.84. The quantitative estimate of drug-likeness (QED) is 0.849. The lowest BCUT2D eigenvalue weighted by molar-refractivity contribution is 0.697. The number of rotatable bonds is 2. The van der Waals surface area contributed by atoms with Crippen molar-refractivity contribution in [3.05, 3.63) is 47.7 Å². The maximum atomic E-state index is 5.73. The van der Waals surface area contributed by atoms with Crippen molar-refractivity contribution in [3.8, 4) is 0 Å². The van der Waals surface area contributed by atoms with Gasteiger partial charge in [0.05, 0.1) is 12.7 Å². The molecule has 0 aliphatic heterocycles. The first-order valence-corrected chi connectivity index (χ1v) is 4.58. The van der Waals surface area contributed by atoms with Gasteiger partial charge in [-0.2, -0.15) is 5.10 Å². The standard InChI is InChI=1S/C11H13N3.ClH/c1-9-3-2-4-10(7-9)8-14-11(12)5-6-13-14;/h2-7H,8,12H2,1H3;1H. The third kappa shape index (κ3) is 2.73. The van der Waals surface area contributed by atoms with Gasteiger partial charge in [0, 0.05) is 0 Å². The first-order chi connectivity index (χ1) is 6.75. The predicted molar refractivity (Wildman–Crippen MR) is 64.2 cm³/mol. The molecule has 1 aromatic carbocycles. The van der Waals surface area contributed by atoms with E-state index in [0.29, 0.717) is 5.82 Å². The molecular formula is C11H14ClN3. The molecule has 2 aromatic rings. The molecular weight excluding hydrogens is 210 g/mol. The number of benzene rings is 1. The van der Waals surface area contributed by atoms with E-state index in [1.807, 2.05) is 6.07 Å². The highest BCUT2D eigenvalue weighted by atomic mass is 35.5. The monoisotopic (exact) mass is 223 g/mol. The lowest BCUT2D eigenvalue weighted by Crippen LogP contribution is -2.05. The third-order valence-electron chi connectivity index (χ3n) is 2.16. The van der Waals surface area contributed by atoms with E-state index in [1.54, 1.807) is 16.9 Å². The first-order valence-electron chi connectivity index (χ1n) is 4.58. The second-order valence-electron chi connectivity index (χ2n) is 3.40. The fourth-order valence-corrected chi connectivity index (χ4v) is 1.46. The molecule has 4 heteroatoms. The van der Waals surface area contributed by atoms with Gasteiger partial charge in [0.1, 0.15) is 5.82 Å². The first kappa shape index (κ1) is 11.6. The van der Waals surface area contributed by atoms with Crippen molar-refractivity contribution in [3.63, 3.8) is 0 Å². The summed E-state index contributed by atoms with van der Waals surface area (Å²) in [5.74, 6) is 0.700. The zero-order valence-corrected chi connectivity index (χ0v) is 9.37. The van der Waals surface area contributed by atoms with Crippen LogP contribution in [-0.2, 0) is 6.54 Å². The molecule has 0 aliphatic rings. The number of nitrogens with two attached hydrogens (primary N) is 1. The largest absolute Gasteiger partial charge is 0.384 e. The topological polar surface area (TPSA) is 43.8 Å². The molecule has 1 aromatic heterocycles. The van der Waals surface area contributed by atoms with E-state index < -0.39 is 0 Å². The van der Waals surface area contributed by atoms with E-state index in [-0.39, 0.29) is 12.4 Å². The van der Waals surface area contributed by atoms with E-state index in [2.05, 4.69) is 30.2 Å². The van der Waals surface area contributed by atoms with E-state index in [0.717, 1.165) is 6.54 Å². The lowest BCUT2D eigenvalue weighted by atomic mass is 10.1. The Labute approximate surface area is 95.3 Å². The number of nitrogen functional groups attached to an aromatic ring is 1. The molecule has 80 valence electrons. The molecule has 3 nitrogen and oxygen atoms in total. The summed E-state index contributed by atoms with van der Waals surface area (Å²) < 4.78 is 1.79. The van der Waals surface area contributed by atoms with Gasteiger partial charge in [-0.3, -0.25) is 0 Å². The van der Waals surface area contributed by atoms with Crippen LogP contribution in [0.15, 0.2) is 36.5 Å². The SMILES string of the molecule is Cc1cccc(Cn2nccc2N)c1.Cl. The maximum absolute atomic E-state index is 5.73. The fourth-order valence-electron chi connectivity index (χ4n) is 1.46. The van der Waals surface area contributed by atoms with E-state index in [1.165, 1.54) is 11.1 Å². The summed E-state index contributed by atoms with van der Waals surface area (Å²) in [4.78, 5) is 0. The fraction of sp³-hybridized carbons (Fsp3) is 0.182. The summed E-state index contributed by atoms with van der Waals surface area (Å²) in [5.41, 5.74) is 8.21. The number of hydrogen-bond donors (Lipinski definition) is 1. The third-order valence-corrected chi connectivity index (χ3v) is 2.16. The van der Waals surface area contributed by atoms with Crippen LogP contribution in [0.4, 0.5) is 5.82 Å². The van der Waals surface area contributed by atoms with Crippen LogP contribution >= 0.6 is 12.4 Å². The summed E-state index contributed by atoms with van der Waals surface area (Å²) in [6.07, 6.45) is 1.71. The van der Waals surface area contributed by atoms with E-state index in [9.17, 15) is 0 Å². The number of halogens is 1. The summed E-state index contributed by atoms with van der Waals surface area (Å²) >= 11 is 0. The van der Waals surface area contributed by atoms with Gasteiger partial charge < -0.3 is 5.73 Å². The Morgan fingerprint density at radius 3 is 2.73 bits per heavy atom. The maximum Gasteiger partial charge on any atom is 0.122 e. The Morgan fingerprint density at radius 2 is 2.13 bits per heavy atom. The molecule has 0 saturated carbocycles. The van der Waals surface area contributed by atoms with Crippen molar-refractivity contribution in [1.29, 1.82) is 0 Å². The normalized spacial score (nSPS) is 9.67. The lowest BCUT2D eigenvalue weighted by Gasteiger charge is -2.04. The van der Waals surface area contributed by atoms with Crippen molar-refractivity contribution in [1.82, 2.24) is 9.78 Å². The van der Waals surface area contributed by atoms with Crippen LogP contribution in [0, 0.1) is 6.92 Å². The summed E-state index contributed by atoms with van der Waals surface area (Å²) in [5, 5.41) is 4.13. The van der Waals surface area contributed by atoms with Crippen LogP contribution in [0.5, 0.6) is 0 Å². The van der Waals surface area contributed by atoms with Gasteiger partial charge in [0.2, 0.25) is 0 Å². The molecule has 0 bridgehead atoms. The number of aromatic nitrogens is 2. The molecule has 0 fully saturated rings. The Hall–Kier alpha value is -1.48. The molecule has 1 heterocycles.